The SMILES string of the molecule is CCCCc1cnc(CS(=O)(=O)CC)nc1-c1cc(Cl)c(=O)n(C)c1. The average molecular weight is 384 g/mol. The quantitative estimate of drug-likeness (QED) is 0.734. The number of aromatic nitrogens is 3. The van der Waals surface area contributed by atoms with Gasteiger partial charge in [-0.2, -0.15) is 0 Å². The van der Waals surface area contributed by atoms with Crippen molar-refractivity contribution in [1.29, 1.82) is 0 Å². The highest BCUT2D eigenvalue weighted by Gasteiger charge is 2.16. The van der Waals surface area contributed by atoms with Crippen LogP contribution < -0.4 is 5.56 Å². The van der Waals surface area contributed by atoms with E-state index in [1.165, 1.54) is 4.57 Å². The van der Waals surface area contributed by atoms with Crippen LogP contribution in [0.3, 0.4) is 0 Å². The maximum Gasteiger partial charge on any atom is 0.269 e. The van der Waals surface area contributed by atoms with Crippen LogP contribution in [0.25, 0.3) is 11.3 Å². The molecular formula is C17H22ClN3O3S. The summed E-state index contributed by atoms with van der Waals surface area (Å²) in [4.78, 5) is 20.5. The van der Waals surface area contributed by atoms with Crippen molar-refractivity contribution in [3.05, 3.63) is 45.2 Å². The second kappa shape index (κ2) is 8.10. The lowest BCUT2D eigenvalue weighted by atomic mass is 10.0. The molecule has 0 bridgehead atoms. The summed E-state index contributed by atoms with van der Waals surface area (Å²) in [5.41, 5.74) is 1.93. The van der Waals surface area contributed by atoms with E-state index in [1.807, 2.05) is 0 Å². The summed E-state index contributed by atoms with van der Waals surface area (Å²) in [5.74, 6) is 0.0843. The molecule has 0 aromatic carbocycles. The molecule has 0 radical (unpaired) electrons. The second-order valence-corrected chi connectivity index (χ2v) is 8.69. The Labute approximate surface area is 152 Å². The standard InChI is InChI=1S/C17H22ClN3O3S/c1-4-6-7-12-9-19-15(11-25(23,24)5-2)20-16(12)13-8-14(18)17(22)21(3)10-13/h8-10H,4-7,11H2,1-3H3. The van der Waals surface area contributed by atoms with E-state index in [0.717, 1.165) is 24.8 Å². The molecule has 2 aromatic heterocycles. The van der Waals surface area contributed by atoms with E-state index in [-0.39, 0.29) is 27.9 Å². The highest BCUT2D eigenvalue weighted by molar-refractivity contribution is 7.90. The summed E-state index contributed by atoms with van der Waals surface area (Å²) in [6.45, 7) is 3.68. The molecule has 2 heterocycles. The van der Waals surface area contributed by atoms with Crippen LogP contribution in [-0.2, 0) is 29.1 Å². The fourth-order valence-electron chi connectivity index (χ4n) is 2.41. The zero-order valence-corrected chi connectivity index (χ0v) is 16.2. The Balaban J connectivity index is 2.57. The first-order valence-electron chi connectivity index (χ1n) is 8.19. The van der Waals surface area contributed by atoms with Gasteiger partial charge in [-0.1, -0.05) is 31.9 Å². The van der Waals surface area contributed by atoms with Crippen LogP contribution in [-0.4, -0.2) is 28.7 Å². The molecule has 0 fully saturated rings. The maximum atomic E-state index is 11.9. The summed E-state index contributed by atoms with van der Waals surface area (Å²) in [5, 5.41) is 0.0998. The second-order valence-electron chi connectivity index (χ2n) is 5.93. The number of aryl methyl sites for hydroxylation is 2. The molecule has 0 N–H and O–H groups in total. The first-order valence-corrected chi connectivity index (χ1v) is 10.4. The van der Waals surface area contributed by atoms with E-state index >= 15 is 0 Å². The Kier molecular flexibility index (Phi) is 6.35. The van der Waals surface area contributed by atoms with Crippen molar-refractivity contribution < 1.29 is 8.42 Å². The first kappa shape index (κ1) is 19.6. The molecule has 6 nitrogen and oxygen atoms in total. The summed E-state index contributed by atoms with van der Waals surface area (Å²) in [7, 11) is -1.61. The highest BCUT2D eigenvalue weighted by Crippen LogP contribution is 2.24. The average Bonchev–Trinajstić information content (AvgIpc) is 2.57. The molecule has 0 aliphatic rings. The predicted octanol–water partition coefficient (Wildman–Crippen LogP) is 2.77. The number of sulfone groups is 1. The van der Waals surface area contributed by atoms with Crippen molar-refractivity contribution >= 4 is 21.4 Å². The topological polar surface area (TPSA) is 81.9 Å². The van der Waals surface area contributed by atoms with Gasteiger partial charge >= 0.3 is 0 Å². The molecule has 0 saturated heterocycles. The lowest BCUT2D eigenvalue weighted by molar-refractivity contribution is 0.595. The summed E-state index contributed by atoms with van der Waals surface area (Å²) in [6.07, 6.45) is 6.08. The number of hydrogen-bond donors (Lipinski definition) is 0. The first-order chi connectivity index (χ1) is 11.8. The van der Waals surface area contributed by atoms with E-state index in [1.54, 1.807) is 32.4 Å². The van der Waals surface area contributed by atoms with Gasteiger partial charge in [0, 0.05) is 30.8 Å². The fraction of sp³-hybridized carbons (Fsp3) is 0.471. The minimum atomic E-state index is -3.23. The number of rotatable bonds is 7. The molecule has 0 unspecified atom stereocenters. The Hall–Kier alpha value is -1.73. The Morgan fingerprint density at radius 1 is 1.28 bits per heavy atom. The van der Waals surface area contributed by atoms with Crippen LogP contribution in [0.15, 0.2) is 23.3 Å². The third kappa shape index (κ3) is 4.89. The molecule has 8 heteroatoms. The van der Waals surface area contributed by atoms with E-state index in [9.17, 15) is 13.2 Å². The van der Waals surface area contributed by atoms with Crippen molar-refractivity contribution in [3.8, 4) is 11.3 Å². The molecule has 0 atom stereocenters. The van der Waals surface area contributed by atoms with Gasteiger partial charge < -0.3 is 4.57 Å². The van der Waals surface area contributed by atoms with Gasteiger partial charge in [0.25, 0.3) is 5.56 Å². The number of pyridine rings is 1. The highest BCUT2D eigenvalue weighted by atomic mass is 35.5. The number of hydrogen-bond acceptors (Lipinski definition) is 5. The number of halogens is 1. The van der Waals surface area contributed by atoms with Crippen molar-refractivity contribution in [2.45, 2.75) is 38.9 Å². The molecule has 0 aliphatic heterocycles. The summed E-state index contributed by atoms with van der Waals surface area (Å²) < 4.78 is 25.2. The third-order valence-electron chi connectivity index (χ3n) is 3.92. The van der Waals surface area contributed by atoms with Crippen molar-refractivity contribution in [2.24, 2.45) is 7.05 Å². The lowest BCUT2D eigenvalue weighted by Crippen LogP contribution is -2.17. The van der Waals surface area contributed by atoms with Gasteiger partial charge in [0.15, 0.2) is 9.84 Å². The van der Waals surface area contributed by atoms with Gasteiger partial charge in [0.05, 0.1) is 5.69 Å². The van der Waals surface area contributed by atoms with E-state index < -0.39 is 9.84 Å². The van der Waals surface area contributed by atoms with Gasteiger partial charge in [0.1, 0.15) is 16.6 Å². The van der Waals surface area contributed by atoms with E-state index in [0.29, 0.717) is 11.3 Å². The van der Waals surface area contributed by atoms with E-state index in [4.69, 9.17) is 11.6 Å². The summed E-state index contributed by atoms with van der Waals surface area (Å²) >= 11 is 6.02. The Bertz CT molecular complexity index is 897. The number of unbranched alkanes of at least 4 members (excludes halogenated alkanes) is 1. The van der Waals surface area contributed by atoms with Gasteiger partial charge in [-0.3, -0.25) is 4.79 Å². The normalized spacial score (nSPS) is 11.7. The Morgan fingerprint density at radius 3 is 2.60 bits per heavy atom. The van der Waals surface area contributed by atoms with Crippen LogP contribution in [0, 0.1) is 0 Å². The number of nitrogens with zero attached hydrogens (tertiary/aromatic N) is 3. The molecule has 0 aliphatic carbocycles. The van der Waals surface area contributed by atoms with Crippen LogP contribution >= 0.6 is 11.6 Å². The molecule has 0 spiro atoms. The zero-order valence-electron chi connectivity index (χ0n) is 14.6. The molecule has 0 saturated carbocycles. The van der Waals surface area contributed by atoms with Crippen LogP contribution in [0.5, 0.6) is 0 Å². The lowest BCUT2D eigenvalue weighted by Gasteiger charge is -2.12. The van der Waals surface area contributed by atoms with Crippen molar-refractivity contribution in [1.82, 2.24) is 14.5 Å². The van der Waals surface area contributed by atoms with Gasteiger partial charge in [0.2, 0.25) is 0 Å². The van der Waals surface area contributed by atoms with Crippen LogP contribution in [0.1, 0.15) is 38.1 Å². The minimum Gasteiger partial charge on any atom is -0.317 e. The van der Waals surface area contributed by atoms with Crippen molar-refractivity contribution in [2.75, 3.05) is 5.75 Å². The molecular weight excluding hydrogens is 362 g/mol. The monoisotopic (exact) mass is 383 g/mol. The van der Waals surface area contributed by atoms with Gasteiger partial charge in [-0.05, 0) is 24.5 Å². The van der Waals surface area contributed by atoms with Crippen molar-refractivity contribution in [3.63, 3.8) is 0 Å². The van der Waals surface area contributed by atoms with E-state index in [2.05, 4.69) is 16.9 Å². The molecule has 136 valence electrons. The molecule has 2 rings (SSSR count). The smallest absolute Gasteiger partial charge is 0.269 e. The third-order valence-corrected chi connectivity index (χ3v) is 5.76. The zero-order chi connectivity index (χ0) is 18.6. The van der Waals surface area contributed by atoms with Crippen LogP contribution in [0.4, 0.5) is 0 Å². The largest absolute Gasteiger partial charge is 0.317 e. The predicted molar refractivity (Wildman–Crippen MR) is 99.5 cm³/mol. The minimum absolute atomic E-state index is 0.0367. The van der Waals surface area contributed by atoms with Gasteiger partial charge in [-0.15, -0.1) is 0 Å². The Morgan fingerprint density at radius 2 is 2.00 bits per heavy atom. The molecule has 25 heavy (non-hydrogen) atoms. The summed E-state index contributed by atoms with van der Waals surface area (Å²) in [6, 6.07) is 1.57. The van der Waals surface area contributed by atoms with Gasteiger partial charge in [-0.25, -0.2) is 18.4 Å². The molecule has 0 amide bonds. The maximum absolute atomic E-state index is 11.9. The molecule has 2 aromatic rings. The fourth-order valence-corrected chi connectivity index (χ4v) is 3.40. The van der Waals surface area contributed by atoms with Crippen LogP contribution in [0.2, 0.25) is 5.02 Å².